The van der Waals surface area contributed by atoms with Gasteiger partial charge in [0.25, 0.3) is 0 Å². The molecule has 0 atom stereocenters. The first-order valence-corrected chi connectivity index (χ1v) is 7.80. The molecule has 0 aromatic carbocycles. The van der Waals surface area contributed by atoms with Crippen LogP contribution in [0.5, 0.6) is 0 Å². The molecular formula is C14H22N2O2S. The zero-order valence-corrected chi connectivity index (χ0v) is 12.5. The van der Waals surface area contributed by atoms with Crippen LogP contribution in [0.4, 0.5) is 0 Å². The van der Waals surface area contributed by atoms with Crippen molar-refractivity contribution in [3.05, 3.63) is 15.6 Å². The first kappa shape index (κ1) is 14.5. The molecule has 19 heavy (non-hydrogen) atoms. The average molecular weight is 282 g/mol. The summed E-state index contributed by atoms with van der Waals surface area (Å²) in [7, 11) is 0. The molecule has 1 N–H and O–H groups in total. The number of aliphatic carboxylic acids is 1. The largest absolute Gasteiger partial charge is 0.481 e. The molecule has 106 valence electrons. The van der Waals surface area contributed by atoms with E-state index in [1.54, 1.807) is 11.3 Å². The molecule has 2 rings (SSSR count). The van der Waals surface area contributed by atoms with E-state index in [2.05, 4.69) is 23.7 Å². The minimum atomic E-state index is -0.767. The van der Waals surface area contributed by atoms with Crippen molar-refractivity contribution in [1.29, 1.82) is 0 Å². The molecule has 1 aromatic heterocycles. The molecule has 0 bridgehead atoms. The minimum Gasteiger partial charge on any atom is -0.481 e. The Bertz CT molecular complexity index is 437. The lowest BCUT2D eigenvalue weighted by Gasteiger charge is -2.12. The second-order valence-corrected chi connectivity index (χ2v) is 6.61. The van der Waals surface area contributed by atoms with E-state index in [0.717, 1.165) is 28.5 Å². The summed E-state index contributed by atoms with van der Waals surface area (Å²) in [5.41, 5.74) is 0.976. The van der Waals surface area contributed by atoms with E-state index < -0.39 is 5.97 Å². The Morgan fingerprint density at radius 1 is 1.42 bits per heavy atom. The average Bonchev–Trinajstić information content (AvgIpc) is 2.94. The van der Waals surface area contributed by atoms with E-state index in [0.29, 0.717) is 5.92 Å². The molecule has 4 nitrogen and oxygen atoms in total. The SMILES string of the molecule is CC(C)c1nc(CCN2CCCC2)sc1CC(=O)O. The van der Waals surface area contributed by atoms with Crippen molar-refractivity contribution in [1.82, 2.24) is 9.88 Å². The third-order valence-electron chi connectivity index (χ3n) is 3.47. The molecule has 0 spiro atoms. The third kappa shape index (κ3) is 4.01. The van der Waals surface area contributed by atoms with Gasteiger partial charge in [0.05, 0.1) is 17.1 Å². The van der Waals surface area contributed by atoms with Gasteiger partial charge in [0.2, 0.25) is 0 Å². The number of thiazole rings is 1. The van der Waals surface area contributed by atoms with Gasteiger partial charge in [-0.05, 0) is 31.8 Å². The van der Waals surface area contributed by atoms with E-state index in [4.69, 9.17) is 5.11 Å². The van der Waals surface area contributed by atoms with Crippen LogP contribution in [0.3, 0.4) is 0 Å². The molecule has 1 aliphatic rings. The number of nitrogens with zero attached hydrogens (tertiary/aromatic N) is 2. The highest BCUT2D eigenvalue weighted by Gasteiger charge is 2.18. The van der Waals surface area contributed by atoms with Gasteiger partial charge in [-0.15, -0.1) is 11.3 Å². The van der Waals surface area contributed by atoms with Gasteiger partial charge in [-0.2, -0.15) is 0 Å². The Balaban J connectivity index is 2.01. The second kappa shape index (κ2) is 6.48. The molecule has 0 radical (unpaired) electrons. The molecular weight excluding hydrogens is 260 g/mol. The third-order valence-corrected chi connectivity index (χ3v) is 4.60. The van der Waals surface area contributed by atoms with Crippen molar-refractivity contribution >= 4 is 17.3 Å². The van der Waals surface area contributed by atoms with Crippen LogP contribution in [0.2, 0.25) is 0 Å². The van der Waals surface area contributed by atoms with Gasteiger partial charge >= 0.3 is 5.97 Å². The predicted octanol–water partition coefficient (Wildman–Crippen LogP) is 2.53. The fraction of sp³-hybridized carbons (Fsp3) is 0.714. The van der Waals surface area contributed by atoms with Crippen molar-refractivity contribution < 1.29 is 9.90 Å². The lowest BCUT2D eigenvalue weighted by molar-refractivity contribution is -0.136. The molecule has 1 aromatic rings. The highest BCUT2D eigenvalue weighted by molar-refractivity contribution is 7.11. The van der Waals surface area contributed by atoms with Gasteiger partial charge in [0.1, 0.15) is 0 Å². The summed E-state index contributed by atoms with van der Waals surface area (Å²) in [6.07, 6.45) is 3.66. The van der Waals surface area contributed by atoms with Crippen molar-refractivity contribution in [2.75, 3.05) is 19.6 Å². The molecule has 1 aliphatic heterocycles. The van der Waals surface area contributed by atoms with Gasteiger partial charge in [-0.3, -0.25) is 4.79 Å². The van der Waals surface area contributed by atoms with E-state index in [1.165, 1.54) is 25.9 Å². The lowest BCUT2D eigenvalue weighted by atomic mass is 10.1. The smallest absolute Gasteiger partial charge is 0.308 e. The van der Waals surface area contributed by atoms with Crippen molar-refractivity contribution in [3.8, 4) is 0 Å². The second-order valence-electron chi connectivity index (χ2n) is 5.44. The van der Waals surface area contributed by atoms with Gasteiger partial charge in [-0.25, -0.2) is 4.98 Å². The highest BCUT2D eigenvalue weighted by atomic mass is 32.1. The van der Waals surface area contributed by atoms with E-state index in [9.17, 15) is 4.79 Å². The molecule has 0 amide bonds. The number of rotatable bonds is 6. The first-order valence-electron chi connectivity index (χ1n) is 6.99. The van der Waals surface area contributed by atoms with Crippen LogP contribution in [0.25, 0.3) is 0 Å². The molecule has 2 heterocycles. The summed E-state index contributed by atoms with van der Waals surface area (Å²) >= 11 is 1.58. The van der Waals surface area contributed by atoms with Gasteiger partial charge in [0, 0.05) is 17.8 Å². The number of hydrogen-bond donors (Lipinski definition) is 1. The minimum absolute atomic E-state index is 0.106. The monoisotopic (exact) mass is 282 g/mol. The zero-order valence-electron chi connectivity index (χ0n) is 11.7. The van der Waals surface area contributed by atoms with Crippen LogP contribution in [-0.2, 0) is 17.6 Å². The summed E-state index contributed by atoms with van der Waals surface area (Å²) < 4.78 is 0. The zero-order chi connectivity index (χ0) is 13.8. The van der Waals surface area contributed by atoms with E-state index in [1.807, 2.05) is 0 Å². The Morgan fingerprint density at radius 3 is 2.68 bits per heavy atom. The summed E-state index contributed by atoms with van der Waals surface area (Å²) in [6, 6.07) is 0. The van der Waals surface area contributed by atoms with Gasteiger partial charge < -0.3 is 10.0 Å². The number of aromatic nitrogens is 1. The van der Waals surface area contributed by atoms with Crippen molar-refractivity contribution in [2.45, 2.75) is 45.4 Å². The molecule has 0 saturated carbocycles. The Kier molecular flexibility index (Phi) is 4.93. The van der Waals surface area contributed by atoms with Crippen LogP contribution in [0, 0.1) is 0 Å². The molecule has 0 aliphatic carbocycles. The highest BCUT2D eigenvalue weighted by Crippen LogP contribution is 2.26. The van der Waals surface area contributed by atoms with Crippen LogP contribution in [0.1, 0.15) is 48.2 Å². The molecule has 0 unspecified atom stereocenters. The van der Waals surface area contributed by atoms with E-state index in [-0.39, 0.29) is 6.42 Å². The number of hydrogen-bond acceptors (Lipinski definition) is 4. The Morgan fingerprint density at radius 2 is 2.11 bits per heavy atom. The quantitative estimate of drug-likeness (QED) is 0.871. The van der Waals surface area contributed by atoms with Crippen molar-refractivity contribution in [3.63, 3.8) is 0 Å². The summed E-state index contributed by atoms with van der Waals surface area (Å²) in [6.45, 7) is 7.60. The Labute approximate surface area is 118 Å². The fourth-order valence-electron chi connectivity index (χ4n) is 2.50. The first-order chi connectivity index (χ1) is 9.06. The maximum absolute atomic E-state index is 10.9. The number of carbonyl (C=O) groups is 1. The Hall–Kier alpha value is -0.940. The topological polar surface area (TPSA) is 53.4 Å². The maximum atomic E-state index is 10.9. The standard InChI is InChI=1S/C14H22N2O2S/c1-10(2)14-11(9-13(17)18)19-12(15-14)5-8-16-6-3-4-7-16/h10H,3-9H2,1-2H3,(H,17,18). The fourth-order valence-corrected chi connectivity index (χ4v) is 3.70. The normalized spacial score (nSPS) is 16.4. The van der Waals surface area contributed by atoms with Crippen LogP contribution in [-0.4, -0.2) is 40.6 Å². The lowest BCUT2D eigenvalue weighted by Crippen LogP contribution is -2.21. The van der Waals surface area contributed by atoms with Crippen LogP contribution < -0.4 is 0 Å². The van der Waals surface area contributed by atoms with Crippen LogP contribution in [0.15, 0.2) is 0 Å². The van der Waals surface area contributed by atoms with Crippen LogP contribution >= 0.6 is 11.3 Å². The number of carboxylic acids is 1. The van der Waals surface area contributed by atoms with Gasteiger partial charge in [0.15, 0.2) is 0 Å². The summed E-state index contributed by atoms with van der Waals surface area (Å²) in [5, 5.41) is 10.0. The number of carboxylic acid groups (broad SMARTS) is 1. The molecule has 1 fully saturated rings. The number of likely N-dealkylation sites (tertiary alicyclic amines) is 1. The summed E-state index contributed by atoms with van der Waals surface area (Å²) in [4.78, 5) is 18.9. The van der Waals surface area contributed by atoms with Gasteiger partial charge in [-0.1, -0.05) is 13.8 Å². The molecule has 5 heteroatoms. The summed E-state index contributed by atoms with van der Waals surface area (Å²) in [5.74, 6) is -0.470. The predicted molar refractivity (Wildman–Crippen MR) is 76.9 cm³/mol. The van der Waals surface area contributed by atoms with E-state index >= 15 is 0 Å². The maximum Gasteiger partial charge on any atom is 0.308 e. The van der Waals surface area contributed by atoms with Crippen molar-refractivity contribution in [2.24, 2.45) is 0 Å². The molecule has 1 saturated heterocycles.